The molecule has 1 N–H and O–H groups in total. The SMILES string of the molecule is CCNC(C)c1cc(C)ccc1OCc1nnn(C)n1. The molecular formula is C14H21N5O. The van der Waals surface area contributed by atoms with Crippen molar-refractivity contribution in [3.63, 3.8) is 0 Å². The van der Waals surface area contributed by atoms with Gasteiger partial charge in [0.15, 0.2) is 6.61 Å². The van der Waals surface area contributed by atoms with E-state index in [9.17, 15) is 0 Å². The van der Waals surface area contributed by atoms with Crippen LogP contribution in [0.4, 0.5) is 0 Å². The van der Waals surface area contributed by atoms with E-state index in [0.717, 1.165) is 17.9 Å². The fraction of sp³-hybridized carbons (Fsp3) is 0.500. The Bertz CT molecular complexity index is 566. The highest BCUT2D eigenvalue weighted by Crippen LogP contribution is 2.26. The molecule has 6 heteroatoms. The summed E-state index contributed by atoms with van der Waals surface area (Å²) in [6, 6.07) is 6.42. The Hall–Kier alpha value is -1.95. The summed E-state index contributed by atoms with van der Waals surface area (Å²) < 4.78 is 5.84. The molecule has 1 heterocycles. The summed E-state index contributed by atoms with van der Waals surface area (Å²) in [7, 11) is 1.74. The second-order valence-electron chi connectivity index (χ2n) is 4.80. The molecule has 0 amide bonds. The van der Waals surface area contributed by atoms with Crippen LogP contribution in [0.1, 0.15) is 36.8 Å². The third kappa shape index (κ3) is 3.54. The van der Waals surface area contributed by atoms with Crippen molar-refractivity contribution in [1.82, 2.24) is 25.5 Å². The van der Waals surface area contributed by atoms with E-state index >= 15 is 0 Å². The minimum atomic E-state index is 0.240. The van der Waals surface area contributed by atoms with E-state index in [2.05, 4.69) is 47.6 Å². The van der Waals surface area contributed by atoms with Gasteiger partial charge in [0.05, 0.1) is 7.05 Å². The number of benzene rings is 1. The zero-order chi connectivity index (χ0) is 14.5. The van der Waals surface area contributed by atoms with E-state index in [1.54, 1.807) is 7.05 Å². The Balaban J connectivity index is 2.13. The fourth-order valence-electron chi connectivity index (χ4n) is 2.08. The van der Waals surface area contributed by atoms with Crippen molar-refractivity contribution in [3.05, 3.63) is 35.2 Å². The predicted octanol–water partition coefficient (Wildman–Crippen LogP) is 1.77. The standard InChI is InChI=1S/C14H21N5O/c1-5-15-11(3)12-8-10(2)6-7-13(12)20-9-14-16-18-19(4)17-14/h6-8,11,15H,5,9H2,1-4H3. The van der Waals surface area contributed by atoms with Crippen LogP contribution in [0.3, 0.4) is 0 Å². The average Bonchev–Trinajstić information content (AvgIpc) is 2.83. The quantitative estimate of drug-likeness (QED) is 0.870. The molecule has 0 spiro atoms. The molecule has 1 atom stereocenters. The van der Waals surface area contributed by atoms with Crippen molar-refractivity contribution < 1.29 is 4.74 Å². The van der Waals surface area contributed by atoms with Crippen LogP contribution < -0.4 is 10.1 Å². The minimum Gasteiger partial charge on any atom is -0.485 e. The third-order valence-corrected chi connectivity index (χ3v) is 3.05. The highest BCUT2D eigenvalue weighted by atomic mass is 16.5. The van der Waals surface area contributed by atoms with Crippen LogP contribution in [0.25, 0.3) is 0 Å². The number of rotatable bonds is 6. The molecule has 2 aromatic rings. The molecule has 1 unspecified atom stereocenters. The highest BCUT2D eigenvalue weighted by molar-refractivity contribution is 5.39. The first-order valence-electron chi connectivity index (χ1n) is 6.79. The summed E-state index contributed by atoms with van der Waals surface area (Å²) in [5, 5.41) is 15.2. The van der Waals surface area contributed by atoms with Gasteiger partial charge in [-0.25, -0.2) is 0 Å². The van der Waals surface area contributed by atoms with Gasteiger partial charge in [-0.1, -0.05) is 24.6 Å². The molecule has 20 heavy (non-hydrogen) atoms. The number of tetrazole rings is 1. The van der Waals surface area contributed by atoms with Gasteiger partial charge in [-0.3, -0.25) is 0 Å². The summed E-state index contributed by atoms with van der Waals surface area (Å²) in [4.78, 5) is 1.43. The molecule has 0 aliphatic rings. The highest BCUT2D eigenvalue weighted by Gasteiger charge is 2.12. The van der Waals surface area contributed by atoms with Crippen molar-refractivity contribution in [1.29, 1.82) is 0 Å². The number of aromatic nitrogens is 4. The van der Waals surface area contributed by atoms with E-state index in [0.29, 0.717) is 12.4 Å². The first kappa shape index (κ1) is 14.5. The van der Waals surface area contributed by atoms with Crippen molar-refractivity contribution in [2.75, 3.05) is 6.54 Å². The molecule has 0 saturated heterocycles. The molecule has 0 fully saturated rings. The average molecular weight is 275 g/mol. The van der Waals surface area contributed by atoms with Crippen LogP contribution in [0, 0.1) is 6.92 Å². The zero-order valence-corrected chi connectivity index (χ0v) is 12.4. The topological polar surface area (TPSA) is 64.9 Å². The molecule has 0 bridgehead atoms. The van der Waals surface area contributed by atoms with Gasteiger partial charge in [-0.15, -0.1) is 10.2 Å². The fourth-order valence-corrected chi connectivity index (χ4v) is 2.08. The van der Waals surface area contributed by atoms with Gasteiger partial charge >= 0.3 is 0 Å². The summed E-state index contributed by atoms with van der Waals surface area (Å²) >= 11 is 0. The lowest BCUT2D eigenvalue weighted by Crippen LogP contribution is -2.18. The molecule has 6 nitrogen and oxygen atoms in total. The van der Waals surface area contributed by atoms with Crippen molar-refractivity contribution in [3.8, 4) is 5.75 Å². The van der Waals surface area contributed by atoms with Crippen molar-refractivity contribution in [2.45, 2.75) is 33.4 Å². The normalized spacial score (nSPS) is 12.4. The van der Waals surface area contributed by atoms with Gasteiger partial charge in [0, 0.05) is 11.6 Å². The van der Waals surface area contributed by atoms with E-state index in [1.165, 1.54) is 10.4 Å². The van der Waals surface area contributed by atoms with Crippen LogP contribution in [0.15, 0.2) is 18.2 Å². The lowest BCUT2D eigenvalue weighted by Gasteiger charge is -2.18. The van der Waals surface area contributed by atoms with Gasteiger partial charge in [0.25, 0.3) is 0 Å². The van der Waals surface area contributed by atoms with E-state index < -0.39 is 0 Å². The third-order valence-electron chi connectivity index (χ3n) is 3.05. The molecule has 108 valence electrons. The number of aryl methyl sites for hydroxylation is 2. The van der Waals surface area contributed by atoms with Gasteiger partial charge in [-0.05, 0) is 31.7 Å². The maximum absolute atomic E-state index is 5.84. The monoisotopic (exact) mass is 275 g/mol. The Morgan fingerprint density at radius 2 is 2.20 bits per heavy atom. The van der Waals surface area contributed by atoms with Crippen molar-refractivity contribution in [2.24, 2.45) is 7.05 Å². The minimum absolute atomic E-state index is 0.240. The molecule has 0 aliphatic heterocycles. The van der Waals surface area contributed by atoms with Crippen LogP contribution in [0.5, 0.6) is 5.75 Å². The molecule has 2 rings (SSSR count). The number of nitrogens with zero attached hydrogens (tertiary/aromatic N) is 4. The Kier molecular flexibility index (Phi) is 4.68. The van der Waals surface area contributed by atoms with Gasteiger partial charge < -0.3 is 10.1 Å². The maximum atomic E-state index is 5.84. The van der Waals surface area contributed by atoms with Crippen molar-refractivity contribution >= 4 is 0 Å². The lowest BCUT2D eigenvalue weighted by molar-refractivity contribution is 0.289. The summed E-state index contributed by atoms with van der Waals surface area (Å²) in [6.07, 6.45) is 0. The van der Waals surface area contributed by atoms with Gasteiger partial charge in [-0.2, -0.15) is 4.80 Å². The van der Waals surface area contributed by atoms with E-state index in [4.69, 9.17) is 4.74 Å². The Morgan fingerprint density at radius 3 is 2.85 bits per heavy atom. The predicted molar refractivity (Wildman–Crippen MR) is 76.4 cm³/mol. The van der Waals surface area contributed by atoms with Gasteiger partial charge in [0.2, 0.25) is 5.82 Å². The number of ether oxygens (including phenoxy) is 1. The summed E-state index contributed by atoms with van der Waals surface area (Å²) in [5.41, 5.74) is 2.37. The Morgan fingerprint density at radius 1 is 1.40 bits per heavy atom. The smallest absolute Gasteiger partial charge is 0.212 e. The number of nitrogens with one attached hydrogen (secondary N) is 1. The van der Waals surface area contributed by atoms with Crippen LogP contribution in [0.2, 0.25) is 0 Å². The number of hydrogen-bond acceptors (Lipinski definition) is 5. The van der Waals surface area contributed by atoms with Crippen LogP contribution in [-0.4, -0.2) is 26.8 Å². The molecule has 1 aromatic heterocycles. The summed E-state index contributed by atoms with van der Waals surface area (Å²) in [5.74, 6) is 1.44. The first-order valence-corrected chi connectivity index (χ1v) is 6.79. The van der Waals surface area contributed by atoms with Gasteiger partial charge in [0.1, 0.15) is 5.75 Å². The second kappa shape index (κ2) is 6.47. The maximum Gasteiger partial charge on any atom is 0.212 e. The Labute approximate surface area is 119 Å². The number of hydrogen-bond donors (Lipinski definition) is 1. The summed E-state index contributed by atoms with van der Waals surface area (Å²) in [6.45, 7) is 7.54. The van der Waals surface area contributed by atoms with Crippen LogP contribution >= 0.6 is 0 Å². The molecule has 0 radical (unpaired) electrons. The first-order chi connectivity index (χ1) is 9.60. The lowest BCUT2D eigenvalue weighted by atomic mass is 10.0. The van der Waals surface area contributed by atoms with E-state index in [-0.39, 0.29) is 6.04 Å². The molecule has 0 saturated carbocycles. The van der Waals surface area contributed by atoms with Crippen LogP contribution in [-0.2, 0) is 13.7 Å². The molecule has 1 aromatic carbocycles. The molecular weight excluding hydrogens is 254 g/mol. The van der Waals surface area contributed by atoms with E-state index in [1.807, 2.05) is 12.1 Å². The molecule has 0 aliphatic carbocycles. The second-order valence-corrected chi connectivity index (χ2v) is 4.80. The largest absolute Gasteiger partial charge is 0.485 e. The zero-order valence-electron chi connectivity index (χ0n) is 12.4.